The SMILES string of the molecule is CC1CCN(c2ccc(NC(=O)Cc3cn4cc(Cl)ccc4n3)cn2)CC1. The highest BCUT2D eigenvalue weighted by atomic mass is 35.5. The largest absolute Gasteiger partial charge is 0.357 e. The van der Waals surface area contributed by atoms with Gasteiger partial charge in [-0.2, -0.15) is 0 Å². The fourth-order valence-electron chi connectivity index (χ4n) is 3.36. The monoisotopic (exact) mass is 383 g/mol. The quantitative estimate of drug-likeness (QED) is 0.744. The molecule has 1 aliphatic heterocycles. The molecule has 3 aromatic heterocycles. The van der Waals surface area contributed by atoms with E-state index < -0.39 is 0 Å². The summed E-state index contributed by atoms with van der Waals surface area (Å²) in [4.78, 5) is 23.6. The number of nitrogens with zero attached hydrogens (tertiary/aromatic N) is 4. The van der Waals surface area contributed by atoms with Gasteiger partial charge in [0.15, 0.2) is 0 Å². The number of carbonyl (C=O) groups is 1. The molecule has 0 atom stereocenters. The van der Waals surface area contributed by atoms with Gasteiger partial charge in [-0.1, -0.05) is 18.5 Å². The highest BCUT2D eigenvalue weighted by Crippen LogP contribution is 2.22. The fourth-order valence-corrected chi connectivity index (χ4v) is 3.52. The number of imidazole rings is 1. The maximum absolute atomic E-state index is 12.3. The number of halogens is 1. The van der Waals surface area contributed by atoms with Gasteiger partial charge in [-0.25, -0.2) is 9.97 Å². The van der Waals surface area contributed by atoms with E-state index in [4.69, 9.17) is 11.6 Å². The Morgan fingerprint density at radius 3 is 2.78 bits per heavy atom. The molecule has 6 nitrogen and oxygen atoms in total. The molecule has 1 saturated heterocycles. The minimum atomic E-state index is -0.120. The Morgan fingerprint density at radius 2 is 2.04 bits per heavy atom. The third-order valence-corrected chi connectivity index (χ3v) is 5.17. The number of pyridine rings is 2. The molecule has 1 aliphatic rings. The highest BCUT2D eigenvalue weighted by molar-refractivity contribution is 6.30. The van der Waals surface area contributed by atoms with Crippen molar-refractivity contribution in [3.05, 3.63) is 53.6 Å². The summed E-state index contributed by atoms with van der Waals surface area (Å²) in [7, 11) is 0. The van der Waals surface area contributed by atoms with Gasteiger partial charge in [0.1, 0.15) is 11.5 Å². The summed E-state index contributed by atoms with van der Waals surface area (Å²) in [6.07, 6.45) is 7.91. The van der Waals surface area contributed by atoms with Crippen LogP contribution in [0.4, 0.5) is 11.5 Å². The molecule has 4 heterocycles. The van der Waals surface area contributed by atoms with Gasteiger partial charge in [0.2, 0.25) is 5.91 Å². The minimum absolute atomic E-state index is 0.120. The zero-order chi connectivity index (χ0) is 18.8. The van der Waals surface area contributed by atoms with Gasteiger partial charge in [0.05, 0.1) is 29.0 Å². The van der Waals surface area contributed by atoms with Crippen LogP contribution >= 0.6 is 11.6 Å². The molecule has 0 bridgehead atoms. The van der Waals surface area contributed by atoms with E-state index >= 15 is 0 Å². The maximum atomic E-state index is 12.3. The van der Waals surface area contributed by atoms with Crippen LogP contribution in [0.5, 0.6) is 0 Å². The topological polar surface area (TPSA) is 62.5 Å². The normalized spacial score (nSPS) is 15.3. The van der Waals surface area contributed by atoms with Crippen LogP contribution in [0.25, 0.3) is 5.65 Å². The summed E-state index contributed by atoms with van der Waals surface area (Å²) < 4.78 is 1.82. The van der Waals surface area contributed by atoms with E-state index in [-0.39, 0.29) is 12.3 Å². The van der Waals surface area contributed by atoms with E-state index in [2.05, 4.69) is 27.1 Å². The Kier molecular flexibility index (Phi) is 4.99. The lowest BCUT2D eigenvalue weighted by molar-refractivity contribution is -0.115. The number of nitrogens with one attached hydrogen (secondary N) is 1. The Bertz CT molecular complexity index is 945. The molecule has 0 unspecified atom stereocenters. The summed E-state index contributed by atoms with van der Waals surface area (Å²) >= 11 is 5.98. The van der Waals surface area contributed by atoms with Crippen LogP contribution in [0.15, 0.2) is 42.9 Å². The second-order valence-electron chi connectivity index (χ2n) is 7.14. The van der Waals surface area contributed by atoms with Gasteiger partial charge in [-0.15, -0.1) is 0 Å². The molecule has 1 N–H and O–H groups in total. The highest BCUT2D eigenvalue weighted by Gasteiger charge is 2.17. The van der Waals surface area contributed by atoms with E-state index in [9.17, 15) is 4.79 Å². The number of hydrogen-bond acceptors (Lipinski definition) is 4. The van der Waals surface area contributed by atoms with E-state index in [0.29, 0.717) is 16.4 Å². The zero-order valence-electron chi connectivity index (χ0n) is 15.2. The van der Waals surface area contributed by atoms with E-state index in [1.165, 1.54) is 12.8 Å². The standard InChI is InChI=1S/C20H22ClN5O/c1-14-6-8-25(9-7-14)18-5-3-16(11-22-18)24-20(27)10-17-13-26-12-15(21)2-4-19(26)23-17/h2-5,11-14H,6-10H2,1H3,(H,24,27). The first kappa shape index (κ1) is 17.8. The molecule has 3 aromatic rings. The van der Waals surface area contributed by atoms with Gasteiger partial charge in [0, 0.05) is 25.5 Å². The first-order valence-corrected chi connectivity index (χ1v) is 9.58. The fraction of sp³-hybridized carbons (Fsp3) is 0.350. The molecule has 0 spiro atoms. The molecule has 140 valence electrons. The molecule has 0 radical (unpaired) electrons. The van der Waals surface area contributed by atoms with Gasteiger partial charge >= 0.3 is 0 Å². The average Bonchev–Trinajstić information content (AvgIpc) is 3.04. The number of aromatic nitrogens is 3. The lowest BCUT2D eigenvalue weighted by atomic mass is 9.99. The summed E-state index contributed by atoms with van der Waals surface area (Å²) in [5.41, 5.74) is 2.16. The third-order valence-electron chi connectivity index (χ3n) is 4.95. The molecule has 1 fully saturated rings. The van der Waals surface area contributed by atoms with Crippen LogP contribution in [0.1, 0.15) is 25.5 Å². The van der Waals surface area contributed by atoms with Crippen molar-refractivity contribution in [1.82, 2.24) is 14.4 Å². The summed E-state index contributed by atoms with van der Waals surface area (Å²) in [5, 5.41) is 3.52. The van der Waals surface area contributed by atoms with Crippen molar-refractivity contribution in [3.8, 4) is 0 Å². The zero-order valence-corrected chi connectivity index (χ0v) is 16.0. The van der Waals surface area contributed by atoms with Crippen LogP contribution < -0.4 is 10.2 Å². The smallest absolute Gasteiger partial charge is 0.230 e. The lowest BCUT2D eigenvalue weighted by Gasteiger charge is -2.31. The predicted octanol–water partition coefficient (Wildman–Crippen LogP) is 3.80. The van der Waals surface area contributed by atoms with E-state index in [0.717, 1.165) is 30.5 Å². The number of carbonyl (C=O) groups excluding carboxylic acids is 1. The third kappa shape index (κ3) is 4.22. The summed E-state index contributed by atoms with van der Waals surface area (Å²) in [6, 6.07) is 7.48. The number of piperidine rings is 1. The Labute approximate surface area is 163 Å². The minimum Gasteiger partial charge on any atom is -0.357 e. The number of fused-ring (bicyclic) bond motifs is 1. The molecule has 7 heteroatoms. The number of anilines is 2. The van der Waals surface area contributed by atoms with Gasteiger partial charge in [0.25, 0.3) is 0 Å². The predicted molar refractivity (Wildman–Crippen MR) is 107 cm³/mol. The van der Waals surface area contributed by atoms with Crippen molar-refractivity contribution >= 4 is 34.7 Å². The molecule has 0 aromatic carbocycles. The molecular weight excluding hydrogens is 362 g/mol. The van der Waals surface area contributed by atoms with E-state index in [1.807, 2.05) is 28.8 Å². The molecule has 0 saturated carbocycles. The number of hydrogen-bond donors (Lipinski definition) is 1. The number of amides is 1. The molecule has 4 rings (SSSR count). The van der Waals surface area contributed by atoms with Crippen molar-refractivity contribution < 1.29 is 4.79 Å². The van der Waals surface area contributed by atoms with Crippen molar-refractivity contribution in [2.24, 2.45) is 5.92 Å². The van der Waals surface area contributed by atoms with Gasteiger partial charge in [-0.3, -0.25) is 4.79 Å². The second kappa shape index (κ2) is 7.56. The van der Waals surface area contributed by atoms with Crippen LogP contribution in [0.2, 0.25) is 5.02 Å². The van der Waals surface area contributed by atoms with E-state index in [1.54, 1.807) is 18.5 Å². The number of rotatable bonds is 4. The Morgan fingerprint density at radius 1 is 1.22 bits per heavy atom. The van der Waals surface area contributed by atoms with Crippen LogP contribution in [0.3, 0.4) is 0 Å². The average molecular weight is 384 g/mol. The Balaban J connectivity index is 1.37. The molecular formula is C20H22ClN5O. The van der Waals surface area contributed by atoms with Crippen LogP contribution in [-0.2, 0) is 11.2 Å². The second-order valence-corrected chi connectivity index (χ2v) is 7.58. The van der Waals surface area contributed by atoms with Crippen molar-refractivity contribution in [3.63, 3.8) is 0 Å². The molecule has 27 heavy (non-hydrogen) atoms. The van der Waals surface area contributed by atoms with Gasteiger partial charge in [-0.05, 0) is 43.0 Å². The Hall–Kier alpha value is -2.60. The summed E-state index contributed by atoms with van der Waals surface area (Å²) in [6.45, 7) is 4.37. The van der Waals surface area contributed by atoms with Gasteiger partial charge < -0.3 is 14.6 Å². The van der Waals surface area contributed by atoms with Crippen LogP contribution in [0, 0.1) is 5.92 Å². The lowest BCUT2D eigenvalue weighted by Crippen LogP contribution is -2.33. The molecule has 1 amide bonds. The maximum Gasteiger partial charge on any atom is 0.230 e. The van der Waals surface area contributed by atoms with Crippen molar-refractivity contribution in [1.29, 1.82) is 0 Å². The molecule has 0 aliphatic carbocycles. The summed E-state index contributed by atoms with van der Waals surface area (Å²) in [5.74, 6) is 1.64. The first-order valence-electron chi connectivity index (χ1n) is 9.21. The van der Waals surface area contributed by atoms with Crippen LogP contribution in [-0.4, -0.2) is 33.4 Å². The van der Waals surface area contributed by atoms with Crippen molar-refractivity contribution in [2.45, 2.75) is 26.2 Å². The van der Waals surface area contributed by atoms with Crippen molar-refractivity contribution in [2.75, 3.05) is 23.3 Å². The first-order chi connectivity index (χ1) is 13.1.